The molecule has 5 N–H and O–H groups in total. The van der Waals surface area contributed by atoms with E-state index in [2.05, 4.69) is 15.6 Å². The molecular weight excluding hydrogens is 294 g/mol. The summed E-state index contributed by atoms with van der Waals surface area (Å²) < 4.78 is 4.98. The van der Waals surface area contributed by atoms with Crippen LogP contribution in [0.1, 0.15) is 16.7 Å². The van der Waals surface area contributed by atoms with Crippen molar-refractivity contribution in [3.63, 3.8) is 0 Å². The molecular formula is C16H19N5O2. The van der Waals surface area contributed by atoms with E-state index in [1.54, 1.807) is 0 Å². The van der Waals surface area contributed by atoms with Gasteiger partial charge >= 0.3 is 0 Å². The van der Waals surface area contributed by atoms with Crippen LogP contribution < -0.4 is 11.1 Å². The molecule has 7 nitrogen and oxygen atoms in total. The van der Waals surface area contributed by atoms with Crippen LogP contribution in [0.4, 0.5) is 5.69 Å². The van der Waals surface area contributed by atoms with Crippen LogP contribution in [0.5, 0.6) is 0 Å². The zero-order valence-electron chi connectivity index (χ0n) is 12.6. The number of nitrogens with two attached hydrogens (primary N) is 1. The number of aliphatic hydroxyl groups is 1. The van der Waals surface area contributed by atoms with Gasteiger partial charge in [-0.05, 0) is 35.4 Å². The molecule has 0 atom stereocenters. The van der Waals surface area contributed by atoms with Crippen molar-refractivity contribution in [3.05, 3.63) is 65.2 Å². The molecule has 0 heterocycles. The molecule has 2 rings (SSSR count). The van der Waals surface area contributed by atoms with E-state index in [4.69, 9.17) is 21.1 Å². The maximum Gasteiger partial charge on any atom is 0.155 e. The van der Waals surface area contributed by atoms with E-state index in [1.807, 2.05) is 48.5 Å². The van der Waals surface area contributed by atoms with Crippen LogP contribution in [0, 0.1) is 5.53 Å². The third kappa shape index (κ3) is 5.17. The lowest BCUT2D eigenvalue weighted by molar-refractivity contribution is -0.0112. The van der Waals surface area contributed by atoms with Crippen LogP contribution in [-0.4, -0.2) is 17.7 Å². The predicted octanol–water partition coefficient (Wildman–Crippen LogP) is 2.42. The van der Waals surface area contributed by atoms with Crippen molar-refractivity contribution < 1.29 is 9.84 Å². The number of amidine groups is 1. The van der Waals surface area contributed by atoms with Crippen LogP contribution in [0.15, 0.2) is 58.9 Å². The highest BCUT2D eigenvalue weighted by molar-refractivity contribution is 5.97. The van der Waals surface area contributed by atoms with Crippen molar-refractivity contribution >= 4 is 11.5 Å². The summed E-state index contributed by atoms with van der Waals surface area (Å²) in [5, 5.41) is 18.4. The number of aliphatic hydroxyl groups excluding tert-OH is 1. The van der Waals surface area contributed by atoms with Crippen LogP contribution in [0.3, 0.4) is 0 Å². The highest BCUT2D eigenvalue weighted by atomic mass is 16.6. The SMILES string of the molecule is N=NN=C(N)c1ccc(NCc2cccc(COCO)c2)cc1. The molecule has 0 fully saturated rings. The fourth-order valence-electron chi connectivity index (χ4n) is 2.07. The number of ether oxygens (including phenoxy) is 1. The van der Waals surface area contributed by atoms with Gasteiger partial charge in [0.05, 0.1) is 6.61 Å². The first-order valence-corrected chi connectivity index (χ1v) is 7.03. The lowest BCUT2D eigenvalue weighted by Gasteiger charge is -2.09. The summed E-state index contributed by atoms with van der Waals surface area (Å²) in [7, 11) is 0. The molecule has 0 aliphatic rings. The number of rotatable bonds is 8. The minimum Gasteiger partial charge on any atom is -0.382 e. The molecule has 0 amide bonds. The number of nitrogens with one attached hydrogen (secondary N) is 2. The molecule has 0 saturated carbocycles. The fraction of sp³-hybridized carbons (Fsp3) is 0.188. The van der Waals surface area contributed by atoms with E-state index in [9.17, 15) is 0 Å². The monoisotopic (exact) mass is 313 g/mol. The average molecular weight is 313 g/mol. The Labute approximate surface area is 134 Å². The summed E-state index contributed by atoms with van der Waals surface area (Å²) in [5.41, 5.74) is 16.1. The van der Waals surface area contributed by atoms with Gasteiger partial charge in [-0.2, -0.15) is 5.53 Å². The van der Waals surface area contributed by atoms with E-state index in [0.29, 0.717) is 13.2 Å². The van der Waals surface area contributed by atoms with Crippen LogP contribution in [0.2, 0.25) is 0 Å². The molecule has 0 aliphatic heterocycles. The number of nitrogens with zero attached hydrogens (tertiary/aromatic N) is 2. The first-order chi connectivity index (χ1) is 11.2. The van der Waals surface area contributed by atoms with Gasteiger partial charge in [0.2, 0.25) is 0 Å². The average Bonchev–Trinajstić information content (AvgIpc) is 2.59. The molecule has 0 bridgehead atoms. The molecule has 7 heteroatoms. The molecule has 2 aromatic carbocycles. The quantitative estimate of drug-likeness (QED) is 0.197. The highest BCUT2D eigenvalue weighted by Crippen LogP contribution is 2.13. The van der Waals surface area contributed by atoms with Gasteiger partial charge in [-0.3, -0.25) is 0 Å². The number of hydrogen-bond donors (Lipinski definition) is 4. The van der Waals surface area contributed by atoms with Crippen LogP contribution in [0.25, 0.3) is 0 Å². The van der Waals surface area contributed by atoms with E-state index >= 15 is 0 Å². The summed E-state index contributed by atoms with van der Waals surface area (Å²) in [5.74, 6) is 0.211. The first-order valence-electron chi connectivity index (χ1n) is 7.03. The minimum absolute atomic E-state index is 0.211. The summed E-state index contributed by atoms with van der Waals surface area (Å²) >= 11 is 0. The zero-order chi connectivity index (χ0) is 16.5. The van der Waals surface area contributed by atoms with Crippen molar-refractivity contribution in [2.45, 2.75) is 13.2 Å². The van der Waals surface area contributed by atoms with E-state index in [0.717, 1.165) is 22.4 Å². The molecule has 0 aliphatic carbocycles. The van der Waals surface area contributed by atoms with Crippen molar-refractivity contribution in [1.82, 2.24) is 0 Å². The van der Waals surface area contributed by atoms with Gasteiger partial charge in [-0.25, -0.2) is 0 Å². The molecule has 0 radical (unpaired) electrons. The predicted molar refractivity (Wildman–Crippen MR) is 88.0 cm³/mol. The van der Waals surface area contributed by atoms with E-state index in [-0.39, 0.29) is 12.6 Å². The Morgan fingerprint density at radius 1 is 1.17 bits per heavy atom. The summed E-state index contributed by atoms with van der Waals surface area (Å²) in [6.07, 6.45) is 0. The van der Waals surface area contributed by atoms with E-state index in [1.165, 1.54) is 0 Å². The van der Waals surface area contributed by atoms with Crippen molar-refractivity contribution in [2.75, 3.05) is 12.1 Å². The third-order valence-corrected chi connectivity index (χ3v) is 3.19. The van der Waals surface area contributed by atoms with Crippen molar-refractivity contribution in [2.24, 2.45) is 16.1 Å². The Morgan fingerprint density at radius 3 is 2.61 bits per heavy atom. The minimum atomic E-state index is -0.283. The normalized spacial score (nSPS) is 11.3. The van der Waals surface area contributed by atoms with Gasteiger partial charge in [0.25, 0.3) is 0 Å². The largest absolute Gasteiger partial charge is 0.382 e. The molecule has 120 valence electrons. The highest BCUT2D eigenvalue weighted by Gasteiger charge is 2.00. The lowest BCUT2D eigenvalue weighted by atomic mass is 10.1. The fourth-order valence-corrected chi connectivity index (χ4v) is 2.07. The molecule has 23 heavy (non-hydrogen) atoms. The van der Waals surface area contributed by atoms with Crippen LogP contribution in [-0.2, 0) is 17.9 Å². The molecule has 0 unspecified atom stereocenters. The molecule has 0 spiro atoms. The molecule has 2 aromatic rings. The standard InChI is InChI=1S/C16H19N5O2/c17-16(20-21-18)14-4-6-15(7-5-14)19-9-12-2-1-3-13(8-12)10-23-11-22/h1-8,19,22H,9-11H2,(H3,17,18,20). The van der Waals surface area contributed by atoms with Gasteiger partial charge in [-0.15, -0.1) is 5.10 Å². The second-order valence-corrected chi connectivity index (χ2v) is 4.81. The maximum absolute atomic E-state index is 8.68. The smallest absolute Gasteiger partial charge is 0.155 e. The van der Waals surface area contributed by atoms with Gasteiger partial charge in [0.1, 0.15) is 6.79 Å². The second-order valence-electron chi connectivity index (χ2n) is 4.81. The molecule has 0 saturated heterocycles. The van der Waals surface area contributed by atoms with Gasteiger partial charge in [-0.1, -0.05) is 29.5 Å². The maximum atomic E-state index is 8.68. The Hall–Kier alpha value is -2.77. The Bertz CT molecular complexity index is 670. The second kappa shape index (κ2) is 8.62. The number of anilines is 1. The number of hydrogen-bond acceptors (Lipinski definition) is 5. The number of benzene rings is 2. The Kier molecular flexibility index (Phi) is 6.22. The van der Waals surface area contributed by atoms with Crippen LogP contribution >= 0.6 is 0 Å². The Balaban J connectivity index is 1.95. The summed E-state index contributed by atoms with van der Waals surface area (Å²) in [4.78, 5) is 0. The summed E-state index contributed by atoms with van der Waals surface area (Å²) in [6, 6.07) is 15.4. The van der Waals surface area contributed by atoms with Crippen molar-refractivity contribution in [1.29, 1.82) is 5.53 Å². The van der Waals surface area contributed by atoms with Gasteiger partial charge in [0.15, 0.2) is 5.84 Å². The van der Waals surface area contributed by atoms with Gasteiger partial charge in [0, 0.05) is 17.8 Å². The Morgan fingerprint density at radius 2 is 1.91 bits per heavy atom. The molecule has 0 aromatic heterocycles. The van der Waals surface area contributed by atoms with Crippen molar-refractivity contribution in [3.8, 4) is 0 Å². The lowest BCUT2D eigenvalue weighted by Crippen LogP contribution is -2.12. The van der Waals surface area contributed by atoms with Gasteiger partial charge < -0.3 is 20.9 Å². The zero-order valence-corrected chi connectivity index (χ0v) is 12.6. The topological polar surface area (TPSA) is 116 Å². The van der Waals surface area contributed by atoms with E-state index < -0.39 is 0 Å². The first kappa shape index (κ1) is 16.6. The summed E-state index contributed by atoms with van der Waals surface area (Å²) in [6.45, 7) is 0.769. The third-order valence-electron chi connectivity index (χ3n) is 3.19.